The first kappa shape index (κ1) is 4.35. The minimum Gasteiger partial charge on any atom is -0.298 e. The summed E-state index contributed by atoms with van der Waals surface area (Å²) in [5.74, 6) is 0. The summed E-state index contributed by atoms with van der Waals surface area (Å²) < 4.78 is 0. The quantitative estimate of drug-likeness (QED) is 0.457. The van der Waals surface area contributed by atoms with Gasteiger partial charge in [-0.15, -0.1) is 0 Å². The van der Waals surface area contributed by atoms with Crippen LogP contribution in [0.25, 0.3) is 0 Å². The minimum atomic E-state index is 0.983. The summed E-state index contributed by atoms with van der Waals surface area (Å²) in [5.41, 5.74) is 0. The van der Waals surface area contributed by atoms with Gasteiger partial charge in [-0.05, 0) is 0 Å². The van der Waals surface area contributed by atoms with Gasteiger partial charge in [-0.2, -0.15) is 0 Å². The molecule has 1 saturated heterocycles. The molecule has 2 aliphatic heterocycles. The van der Waals surface area contributed by atoms with Crippen molar-refractivity contribution in [3.63, 3.8) is 0 Å². The van der Waals surface area contributed by atoms with Gasteiger partial charge in [0.1, 0.15) is 0 Å². The second-order valence-electron chi connectivity index (χ2n) is 2.08. The zero-order chi connectivity index (χ0) is 5.40. The molecule has 2 heterocycles. The van der Waals surface area contributed by atoms with E-state index in [1.54, 1.807) is 0 Å². The molecule has 3 nitrogen and oxygen atoms in total. The zero-order valence-corrected chi connectivity index (χ0v) is 4.67. The SMILES string of the molecule is C1=CN2CNCN2C1. The number of hydrogen-bond acceptors (Lipinski definition) is 3. The highest BCUT2D eigenvalue weighted by molar-refractivity contribution is 4.92. The second kappa shape index (κ2) is 1.47. The Hall–Kier alpha value is -0.540. The summed E-state index contributed by atoms with van der Waals surface area (Å²) >= 11 is 0. The van der Waals surface area contributed by atoms with Crippen LogP contribution in [0.4, 0.5) is 0 Å². The molecule has 0 bridgehead atoms. The van der Waals surface area contributed by atoms with E-state index < -0.39 is 0 Å². The summed E-state index contributed by atoms with van der Waals surface area (Å²) in [6.45, 7) is 3.07. The molecule has 3 heteroatoms. The van der Waals surface area contributed by atoms with Gasteiger partial charge in [0, 0.05) is 12.7 Å². The fourth-order valence-electron chi connectivity index (χ4n) is 1.09. The Morgan fingerprint density at radius 1 is 1.38 bits per heavy atom. The van der Waals surface area contributed by atoms with Crippen LogP contribution < -0.4 is 5.32 Å². The van der Waals surface area contributed by atoms with Crippen LogP contribution in [0.2, 0.25) is 0 Å². The summed E-state index contributed by atoms with van der Waals surface area (Å²) in [5, 5.41) is 7.66. The Labute approximate surface area is 48.5 Å². The van der Waals surface area contributed by atoms with Crippen LogP contribution in [-0.4, -0.2) is 29.9 Å². The number of rotatable bonds is 0. The van der Waals surface area contributed by atoms with Crippen LogP contribution in [0.5, 0.6) is 0 Å². The third kappa shape index (κ3) is 0.454. The zero-order valence-electron chi connectivity index (χ0n) is 4.67. The average Bonchev–Trinajstić information content (AvgIpc) is 2.15. The van der Waals surface area contributed by atoms with Crippen LogP contribution in [-0.2, 0) is 0 Å². The molecule has 0 aromatic heterocycles. The largest absolute Gasteiger partial charge is 0.298 e. The summed E-state index contributed by atoms with van der Waals surface area (Å²) in [4.78, 5) is 0. The third-order valence-corrected chi connectivity index (χ3v) is 1.53. The lowest BCUT2D eigenvalue weighted by molar-refractivity contribution is 0.117. The highest BCUT2D eigenvalue weighted by Crippen LogP contribution is 2.08. The number of nitrogens with one attached hydrogen (secondary N) is 1. The molecule has 0 amide bonds. The van der Waals surface area contributed by atoms with Crippen molar-refractivity contribution in [2.75, 3.05) is 19.9 Å². The van der Waals surface area contributed by atoms with Crippen molar-refractivity contribution in [3.8, 4) is 0 Å². The maximum absolute atomic E-state index is 3.22. The van der Waals surface area contributed by atoms with Crippen molar-refractivity contribution in [2.24, 2.45) is 0 Å². The van der Waals surface area contributed by atoms with E-state index in [2.05, 4.69) is 27.6 Å². The van der Waals surface area contributed by atoms with Gasteiger partial charge in [0.05, 0.1) is 13.3 Å². The van der Waals surface area contributed by atoms with Crippen LogP contribution in [0.15, 0.2) is 12.3 Å². The number of nitrogens with zero attached hydrogens (tertiary/aromatic N) is 2. The normalized spacial score (nSPS) is 27.2. The molecule has 0 aromatic carbocycles. The smallest absolute Gasteiger partial charge is 0.0845 e. The lowest BCUT2D eigenvalue weighted by Crippen LogP contribution is -2.27. The van der Waals surface area contributed by atoms with E-state index in [4.69, 9.17) is 0 Å². The van der Waals surface area contributed by atoms with Gasteiger partial charge >= 0.3 is 0 Å². The van der Waals surface area contributed by atoms with E-state index in [1.807, 2.05) is 0 Å². The number of hydrogen-bond donors (Lipinski definition) is 1. The van der Waals surface area contributed by atoms with E-state index in [0.717, 1.165) is 19.9 Å². The van der Waals surface area contributed by atoms with Crippen molar-refractivity contribution in [3.05, 3.63) is 12.3 Å². The van der Waals surface area contributed by atoms with Gasteiger partial charge < -0.3 is 0 Å². The molecular formula is C5H9N3. The van der Waals surface area contributed by atoms with Gasteiger partial charge in [-0.25, -0.2) is 5.01 Å². The van der Waals surface area contributed by atoms with Gasteiger partial charge in [0.2, 0.25) is 0 Å². The molecule has 0 saturated carbocycles. The summed E-state index contributed by atoms with van der Waals surface area (Å²) in [6, 6.07) is 0. The van der Waals surface area contributed by atoms with Crippen LogP contribution in [0, 0.1) is 0 Å². The molecule has 2 rings (SSSR count). The lowest BCUT2D eigenvalue weighted by atomic mass is 10.6. The lowest BCUT2D eigenvalue weighted by Gasteiger charge is -2.16. The van der Waals surface area contributed by atoms with Gasteiger partial charge in [-0.1, -0.05) is 6.08 Å². The third-order valence-electron chi connectivity index (χ3n) is 1.53. The maximum atomic E-state index is 3.22. The molecule has 1 N–H and O–H groups in total. The van der Waals surface area contributed by atoms with Crippen LogP contribution in [0.3, 0.4) is 0 Å². The standard InChI is InChI=1S/C5H9N3/c1-2-7-4-6-5-8(7)3-1/h1-2,6H,3-5H2. The molecule has 8 heavy (non-hydrogen) atoms. The average molecular weight is 111 g/mol. The first-order chi connectivity index (χ1) is 3.97. The molecule has 0 unspecified atom stereocenters. The number of hydrazine groups is 1. The first-order valence-electron chi connectivity index (χ1n) is 2.86. The summed E-state index contributed by atoms with van der Waals surface area (Å²) in [7, 11) is 0. The van der Waals surface area contributed by atoms with Crippen molar-refractivity contribution in [2.45, 2.75) is 0 Å². The fraction of sp³-hybridized carbons (Fsp3) is 0.600. The monoisotopic (exact) mass is 111 g/mol. The highest BCUT2D eigenvalue weighted by atomic mass is 15.7. The van der Waals surface area contributed by atoms with Crippen molar-refractivity contribution in [1.82, 2.24) is 15.3 Å². The molecule has 1 fully saturated rings. The van der Waals surface area contributed by atoms with Crippen molar-refractivity contribution < 1.29 is 0 Å². The van der Waals surface area contributed by atoms with Gasteiger partial charge in [0.15, 0.2) is 0 Å². The van der Waals surface area contributed by atoms with Crippen molar-refractivity contribution in [1.29, 1.82) is 0 Å². The molecular weight excluding hydrogens is 102 g/mol. The maximum Gasteiger partial charge on any atom is 0.0845 e. The van der Waals surface area contributed by atoms with Gasteiger partial charge in [0.25, 0.3) is 0 Å². The van der Waals surface area contributed by atoms with E-state index >= 15 is 0 Å². The van der Waals surface area contributed by atoms with Gasteiger partial charge in [-0.3, -0.25) is 10.3 Å². The Morgan fingerprint density at radius 2 is 2.38 bits per heavy atom. The molecule has 2 aliphatic rings. The predicted octanol–water partition coefficient (Wildman–Crippen LogP) is -0.449. The topological polar surface area (TPSA) is 18.5 Å². The first-order valence-corrected chi connectivity index (χ1v) is 2.86. The van der Waals surface area contributed by atoms with Crippen LogP contribution in [0.1, 0.15) is 0 Å². The van der Waals surface area contributed by atoms with E-state index in [-0.39, 0.29) is 0 Å². The van der Waals surface area contributed by atoms with Crippen molar-refractivity contribution >= 4 is 0 Å². The number of fused-ring (bicyclic) bond motifs is 1. The Kier molecular flexibility index (Phi) is 0.797. The Bertz CT molecular complexity index is 121. The Balaban J connectivity index is 2.13. The van der Waals surface area contributed by atoms with E-state index in [1.165, 1.54) is 0 Å². The Morgan fingerprint density at radius 3 is 3.25 bits per heavy atom. The van der Waals surface area contributed by atoms with Crippen LogP contribution >= 0.6 is 0 Å². The van der Waals surface area contributed by atoms with E-state index in [9.17, 15) is 0 Å². The highest BCUT2D eigenvalue weighted by Gasteiger charge is 2.19. The second-order valence-corrected chi connectivity index (χ2v) is 2.08. The molecule has 0 radical (unpaired) electrons. The fourth-order valence-corrected chi connectivity index (χ4v) is 1.09. The molecule has 44 valence electrons. The minimum absolute atomic E-state index is 0.983. The molecule has 0 aliphatic carbocycles. The predicted molar refractivity (Wildman–Crippen MR) is 30.6 cm³/mol. The van der Waals surface area contributed by atoms with E-state index in [0.29, 0.717) is 0 Å². The molecule has 0 atom stereocenters. The molecule has 0 spiro atoms. The summed E-state index contributed by atoms with van der Waals surface area (Å²) in [6.07, 6.45) is 4.28. The molecule has 0 aromatic rings.